The van der Waals surface area contributed by atoms with Gasteiger partial charge in [-0.2, -0.15) is 0 Å². The lowest BCUT2D eigenvalue weighted by Gasteiger charge is -2.05. The summed E-state index contributed by atoms with van der Waals surface area (Å²) in [4.78, 5) is 15.0. The molecule has 94 valence electrons. The largest absolute Gasteiger partial charge is 0.321 e. The molecule has 0 aliphatic rings. The lowest BCUT2D eigenvalue weighted by Crippen LogP contribution is -2.07. The van der Waals surface area contributed by atoms with E-state index in [9.17, 15) is 4.79 Å². The average molecular weight is 270 g/mol. The number of fused-ring (bicyclic) bond motifs is 1. The third-order valence-corrected chi connectivity index (χ3v) is 3.41. The molecule has 0 unspecified atom stereocenters. The number of benzene rings is 2. The zero-order chi connectivity index (χ0) is 13.4. The number of halogens is 1. The van der Waals surface area contributed by atoms with E-state index in [2.05, 4.69) is 4.98 Å². The molecule has 0 saturated heterocycles. The standard InChI is InChI=1S/C16H12ClNO/c1-10-2-4-11(5-3-10)15-8-12-6-7-13(17)9-14(12)16(19)18-15/h2-9H,1H3,(H,18,19). The zero-order valence-corrected chi connectivity index (χ0v) is 11.2. The van der Waals surface area contributed by atoms with Crippen LogP contribution in [-0.4, -0.2) is 4.98 Å². The Bertz CT molecular complexity index is 803. The molecule has 19 heavy (non-hydrogen) atoms. The SMILES string of the molecule is Cc1ccc(-c2cc3ccc(Cl)cc3c(=O)[nH]2)cc1. The van der Waals surface area contributed by atoms with Crippen LogP contribution in [0.3, 0.4) is 0 Å². The van der Waals surface area contributed by atoms with Gasteiger partial charge in [-0.1, -0.05) is 47.5 Å². The molecule has 0 spiro atoms. The summed E-state index contributed by atoms with van der Waals surface area (Å²) in [5.41, 5.74) is 2.90. The van der Waals surface area contributed by atoms with Crippen molar-refractivity contribution in [1.82, 2.24) is 4.98 Å². The summed E-state index contributed by atoms with van der Waals surface area (Å²) in [5.74, 6) is 0. The van der Waals surface area contributed by atoms with Gasteiger partial charge in [0.25, 0.3) is 5.56 Å². The number of aromatic nitrogens is 1. The summed E-state index contributed by atoms with van der Waals surface area (Å²) in [7, 11) is 0. The molecule has 0 aliphatic carbocycles. The fourth-order valence-corrected chi connectivity index (χ4v) is 2.29. The fraction of sp³-hybridized carbons (Fsp3) is 0.0625. The first-order chi connectivity index (χ1) is 9.13. The lowest BCUT2D eigenvalue weighted by molar-refractivity contribution is 1.27. The van der Waals surface area contributed by atoms with E-state index >= 15 is 0 Å². The van der Waals surface area contributed by atoms with Gasteiger partial charge in [-0.3, -0.25) is 4.79 Å². The van der Waals surface area contributed by atoms with Crippen LogP contribution < -0.4 is 5.56 Å². The van der Waals surface area contributed by atoms with Crippen molar-refractivity contribution in [2.24, 2.45) is 0 Å². The second-order valence-electron chi connectivity index (χ2n) is 4.61. The highest BCUT2D eigenvalue weighted by Gasteiger charge is 2.04. The minimum atomic E-state index is -0.115. The monoisotopic (exact) mass is 269 g/mol. The van der Waals surface area contributed by atoms with Gasteiger partial charge in [0.2, 0.25) is 0 Å². The Labute approximate surface area is 115 Å². The minimum absolute atomic E-state index is 0.115. The number of hydrogen-bond donors (Lipinski definition) is 1. The van der Waals surface area contributed by atoms with Crippen molar-refractivity contribution in [3.8, 4) is 11.3 Å². The van der Waals surface area contributed by atoms with Crippen molar-refractivity contribution in [2.45, 2.75) is 6.92 Å². The highest BCUT2D eigenvalue weighted by atomic mass is 35.5. The van der Waals surface area contributed by atoms with E-state index < -0.39 is 0 Å². The normalized spacial score (nSPS) is 10.8. The van der Waals surface area contributed by atoms with E-state index in [1.807, 2.05) is 43.3 Å². The molecule has 0 saturated carbocycles. The molecule has 1 N–H and O–H groups in total. The molecular weight excluding hydrogens is 258 g/mol. The van der Waals surface area contributed by atoms with Crippen LogP contribution in [0, 0.1) is 6.92 Å². The predicted octanol–water partition coefficient (Wildman–Crippen LogP) is 4.16. The fourth-order valence-electron chi connectivity index (χ4n) is 2.12. The predicted molar refractivity (Wildman–Crippen MR) is 79.8 cm³/mol. The molecule has 3 rings (SSSR count). The Hall–Kier alpha value is -2.06. The van der Waals surface area contributed by atoms with Crippen LogP contribution in [0.4, 0.5) is 0 Å². The summed E-state index contributed by atoms with van der Waals surface area (Å²) in [6.45, 7) is 2.04. The molecule has 1 aromatic heterocycles. The van der Waals surface area contributed by atoms with Crippen LogP contribution in [0.2, 0.25) is 5.02 Å². The molecule has 1 heterocycles. The van der Waals surface area contributed by atoms with Gasteiger partial charge < -0.3 is 4.98 Å². The maximum absolute atomic E-state index is 12.1. The third kappa shape index (κ3) is 2.27. The van der Waals surface area contributed by atoms with Crippen molar-refractivity contribution < 1.29 is 0 Å². The molecule has 2 nitrogen and oxygen atoms in total. The number of rotatable bonds is 1. The smallest absolute Gasteiger partial charge is 0.256 e. The van der Waals surface area contributed by atoms with E-state index in [0.717, 1.165) is 16.6 Å². The molecule has 0 amide bonds. The van der Waals surface area contributed by atoms with Gasteiger partial charge in [0.15, 0.2) is 0 Å². The summed E-state index contributed by atoms with van der Waals surface area (Å²) < 4.78 is 0. The molecule has 2 aromatic carbocycles. The van der Waals surface area contributed by atoms with Gasteiger partial charge in [-0.25, -0.2) is 0 Å². The number of H-pyrrole nitrogens is 1. The van der Waals surface area contributed by atoms with Crippen LogP contribution in [0.1, 0.15) is 5.56 Å². The van der Waals surface area contributed by atoms with Gasteiger partial charge in [0.1, 0.15) is 0 Å². The van der Waals surface area contributed by atoms with Gasteiger partial charge in [0, 0.05) is 16.1 Å². The topological polar surface area (TPSA) is 32.9 Å². The Morgan fingerprint density at radius 1 is 1.00 bits per heavy atom. The summed E-state index contributed by atoms with van der Waals surface area (Å²) in [6, 6.07) is 15.4. The maximum atomic E-state index is 12.1. The molecule has 0 radical (unpaired) electrons. The molecule has 0 bridgehead atoms. The molecule has 0 aliphatic heterocycles. The Kier molecular flexibility index (Phi) is 2.88. The van der Waals surface area contributed by atoms with E-state index in [4.69, 9.17) is 11.6 Å². The summed E-state index contributed by atoms with van der Waals surface area (Å²) in [5, 5.41) is 2.08. The van der Waals surface area contributed by atoms with Crippen molar-refractivity contribution in [2.75, 3.05) is 0 Å². The number of nitrogens with one attached hydrogen (secondary N) is 1. The van der Waals surface area contributed by atoms with Crippen LogP contribution in [0.25, 0.3) is 22.0 Å². The molecule has 3 heteroatoms. The number of hydrogen-bond acceptors (Lipinski definition) is 1. The molecule has 3 aromatic rings. The molecule has 0 fully saturated rings. The first kappa shape index (κ1) is 12.0. The van der Waals surface area contributed by atoms with Crippen molar-refractivity contribution in [3.63, 3.8) is 0 Å². The summed E-state index contributed by atoms with van der Waals surface area (Å²) >= 11 is 5.91. The van der Waals surface area contributed by atoms with E-state index in [-0.39, 0.29) is 5.56 Å². The highest BCUT2D eigenvalue weighted by Crippen LogP contribution is 2.22. The van der Waals surface area contributed by atoms with Crippen LogP contribution in [-0.2, 0) is 0 Å². The van der Waals surface area contributed by atoms with Gasteiger partial charge >= 0.3 is 0 Å². The van der Waals surface area contributed by atoms with Crippen LogP contribution >= 0.6 is 11.6 Å². The van der Waals surface area contributed by atoms with E-state index in [1.165, 1.54) is 5.56 Å². The zero-order valence-electron chi connectivity index (χ0n) is 10.4. The van der Waals surface area contributed by atoms with Crippen molar-refractivity contribution >= 4 is 22.4 Å². The van der Waals surface area contributed by atoms with Gasteiger partial charge in [-0.15, -0.1) is 0 Å². The first-order valence-electron chi connectivity index (χ1n) is 6.03. The Morgan fingerprint density at radius 3 is 2.47 bits per heavy atom. The van der Waals surface area contributed by atoms with Gasteiger partial charge in [-0.05, 0) is 36.1 Å². The number of pyridine rings is 1. The highest BCUT2D eigenvalue weighted by molar-refractivity contribution is 6.31. The van der Waals surface area contributed by atoms with Crippen molar-refractivity contribution in [1.29, 1.82) is 0 Å². The number of aryl methyl sites for hydroxylation is 1. The van der Waals surface area contributed by atoms with Crippen LogP contribution in [0.5, 0.6) is 0 Å². The Balaban J connectivity index is 2.24. The second-order valence-corrected chi connectivity index (χ2v) is 5.05. The second kappa shape index (κ2) is 4.56. The first-order valence-corrected chi connectivity index (χ1v) is 6.41. The van der Waals surface area contributed by atoms with E-state index in [1.54, 1.807) is 12.1 Å². The van der Waals surface area contributed by atoms with Gasteiger partial charge in [0.05, 0.1) is 0 Å². The van der Waals surface area contributed by atoms with Crippen molar-refractivity contribution in [3.05, 3.63) is 69.5 Å². The maximum Gasteiger partial charge on any atom is 0.256 e. The molecule has 0 atom stereocenters. The average Bonchev–Trinajstić information content (AvgIpc) is 2.40. The lowest BCUT2D eigenvalue weighted by atomic mass is 10.1. The third-order valence-electron chi connectivity index (χ3n) is 3.17. The minimum Gasteiger partial charge on any atom is -0.321 e. The van der Waals surface area contributed by atoms with Crippen LogP contribution in [0.15, 0.2) is 53.3 Å². The quantitative estimate of drug-likeness (QED) is 0.707. The van der Waals surface area contributed by atoms with E-state index in [0.29, 0.717) is 10.4 Å². The Morgan fingerprint density at radius 2 is 1.74 bits per heavy atom. The molecular formula is C16H12ClNO. The summed E-state index contributed by atoms with van der Waals surface area (Å²) in [6.07, 6.45) is 0. The number of aromatic amines is 1.